The number of carbonyl (C=O) groups excluding carboxylic acids is 1. The van der Waals surface area contributed by atoms with Crippen LogP contribution in [0.5, 0.6) is 0 Å². The maximum atomic E-state index is 13.4. The van der Waals surface area contributed by atoms with Crippen molar-refractivity contribution in [1.29, 1.82) is 0 Å². The number of benzene rings is 1. The smallest absolute Gasteiger partial charge is 0.226 e. The monoisotopic (exact) mass is 428 g/mol. The van der Waals surface area contributed by atoms with Gasteiger partial charge in [0.1, 0.15) is 0 Å². The Kier molecular flexibility index (Phi) is 5.54. The van der Waals surface area contributed by atoms with Gasteiger partial charge in [0, 0.05) is 29.6 Å². The molecule has 1 aliphatic heterocycles. The summed E-state index contributed by atoms with van der Waals surface area (Å²) >= 11 is 6.11. The number of halogens is 1. The third-order valence-electron chi connectivity index (χ3n) is 7.02. The number of likely N-dealkylation sites (tertiary alicyclic amines) is 1. The highest BCUT2D eigenvalue weighted by Gasteiger charge is 2.41. The molecule has 1 amide bonds. The molecule has 1 aromatic carbocycles. The summed E-state index contributed by atoms with van der Waals surface area (Å²) in [4.78, 5) is 15.4. The zero-order valence-corrected chi connectivity index (χ0v) is 17.9. The molecule has 160 valence electrons. The molecule has 1 aromatic heterocycles. The number of nitrogens with zero attached hydrogens (tertiary/aromatic N) is 4. The van der Waals surface area contributed by atoms with E-state index in [1.807, 2.05) is 40.0 Å². The lowest BCUT2D eigenvalue weighted by Crippen LogP contribution is -2.51. The SMILES string of the molecule is O=C(C1CCCCC1)N1C[C@@H](O)[C@@H](n2cc(C3CC3)nn2)C[C@@H]1c1ccc(Cl)cc1. The minimum absolute atomic E-state index is 0.0742. The number of rotatable bonds is 4. The first kappa shape index (κ1) is 20.0. The minimum Gasteiger partial charge on any atom is -0.389 e. The van der Waals surface area contributed by atoms with Gasteiger partial charge >= 0.3 is 0 Å². The standard InChI is InChI=1S/C23H29ClN4O2/c24-18-10-8-16(9-11-18)20-12-21(28-13-19(25-26-28)15-6-7-15)22(29)14-27(20)23(30)17-4-2-1-3-5-17/h8-11,13,15,17,20-22,29H,1-7,12,14H2/t20-,21+,22-/m1/s1. The Bertz CT molecular complexity index is 889. The van der Waals surface area contributed by atoms with Crippen molar-refractivity contribution in [2.24, 2.45) is 5.92 Å². The zero-order valence-electron chi connectivity index (χ0n) is 17.2. The number of aliphatic hydroxyl groups is 1. The van der Waals surface area contributed by atoms with Gasteiger partial charge in [-0.15, -0.1) is 5.10 Å². The van der Waals surface area contributed by atoms with E-state index in [1.54, 1.807) is 0 Å². The number of piperidine rings is 1. The van der Waals surface area contributed by atoms with E-state index in [1.165, 1.54) is 19.3 Å². The summed E-state index contributed by atoms with van der Waals surface area (Å²) in [6, 6.07) is 7.46. The fourth-order valence-corrected chi connectivity index (χ4v) is 5.22. The summed E-state index contributed by atoms with van der Waals surface area (Å²) in [6.45, 7) is 0.325. The molecule has 1 saturated heterocycles. The van der Waals surface area contributed by atoms with Gasteiger partial charge < -0.3 is 10.0 Å². The molecule has 6 nitrogen and oxygen atoms in total. The van der Waals surface area contributed by atoms with E-state index in [2.05, 4.69) is 10.3 Å². The molecule has 3 aliphatic rings. The van der Waals surface area contributed by atoms with E-state index in [0.717, 1.165) is 36.9 Å². The van der Waals surface area contributed by atoms with Gasteiger partial charge in [-0.3, -0.25) is 4.79 Å². The van der Waals surface area contributed by atoms with Crippen LogP contribution in [0.4, 0.5) is 0 Å². The van der Waals surface area contributed by atoms with Crippen molar-refractivity contribution in [3.05, 3.63) is 46.7 Å². The molecule has 5 rings (SSSR count). The maximum absolute atomic E-state index is 13.4. The van der Waals surface area contributed by atoms with Crippen molar-refractivity contribution in [3.63, 3.8) is 0 Å². The summed E-state index contributed by atoms with van der Waals surface area (Å²) in [5, 5.41) is 20.4. The molecule has 0 bridgehead atoms. The van der Waals surface area contributed by atoms with E-state index < -0.39 is 6.10 Å². The average Bonchev–Trinajstić information content (AvgIpc) is 3.51. The van der Waals surface area contributed by atoms with Crippen LogP contribution in [0.1, 0.15) is 80.6 Å². The van der Waals surface area contributed by atoms with Crippen LogP contribution in [0.3, 0.4) is 0 Å². The first-order valence-corrected chi connectivity index (χ1v) is 11.6. The number of amides is 1. The van der Waals surface area contributed by atoms with Crippen molar-refractivity contribution >= 4 is 17.5 Å². The molecule has 0 unspecified atom stereocenters. The average molecular weight is 429 g/mol. The Morgan fingerprint density at radius 1 is 1.07 bits per heavy atom. The summed E-state index contributed by atoms with van der Waals surface area (Å²) in [5.74, 6) is 0.783. The highest BCUT2D eigenvalue weighted by molar-refractivity contribution is 6.30. The van der Waals surface area contributed by atoms with Crippen molar-refractivity contribution in [3.8, 4) is 0 Å². The Hall–Kier alpha value is -1.92. The van der Waals surface area contributed by atoms with E-state index >= 15 is 0 Å². The first-order chi connectivity index (χ1) is 14.6. The normalized spacial score (nSPS) is 27.9. The molecular formula is C23H29ClN4O2. The van der Waals surface area contributed by atoms with Gasteiger partial charge in [-0.05, 0) is 49.8 Å². The van der Waals surface area contributed by atoms with Crippen LogP contribution in [-0.4, -0.2) is 43.6 Å². The van der Waals surface area contributed by atoms with Crippen molar-refractivity contribution < 1.29 is 9.90 Å². The van der Waals surface area contributed by atoms with Crippen LogP contribution < -0.4 is 0 Å². The molecule has 2 heterocycles. The molecule has 2 aromatic rings. The van der Waals surface area contributed by atoms with E-state index in [9.17, 15) is 9.90 Å². The van der Waals surface area contributed by atoms with Gasteiger partial charge in [0.25, 0.3) is 0 Å². The van der Waals surface area contributed by atoms with Crippen molar-refractivity contribution in [2.75, 3.05) is 6.54 Å². The van der Waals surface area contributed by atoms with Crippen LogP contribution in [0.15, 0.2) is 30.5 Å². The molecule has 30 heavy (non-hydrogen) atoms. The number of hydrogen-bond acceptors (Lipinski definition) is 4. The van der Waals surface area contributed by atoms with E-state index in [0.29, 0.717) is 23.9 Å². The minimum atomic E-state index is -0.658. The quantitative estimate of drug-likeness (QED) is 0.789. The van der Waals surface area contributed by atoms with Crippen molar-refractivity contribution in [2.45, 2.75) is 75.5 Å². The lowest BCUT2D eigenvalue weighted by Gasteiger charge is -2.44. The maximum Gasteiger partial charge on any atom is 0.226 e. The van der Waals surface area contributed by atoms with Crippen LogP contribution in [0.25, 0.3) is 0 Å². The predicted octanol–water partition coefficient (Wildman–Crippen LogP) is 4.26. The summed E-state index contributed by atoms with van der Waals surface area (Å²) < 4.78 is 1.82. The summed E-state index contributed by atoms with van der Waals surface area (Å²) in [5.41, 5.74) is 2.08. The second-order valence-corrected chi connectivity index (χ2v) is 9.60. The molecule has 3 fully saturated rings. The van der Waals surface area contributed by atoms with Crippen molar-refractivity contribution in [1.82, 2.24) is 19.9 Å². The highest BCUT2D eigenvalue weighted by Crippen LogP contribution is 2.41. The molecule has 2 saturated carbocycles. The molecule has 0 spiro atoms. The number of β-amino-alcohol motifs (C(OH)–C–C–N with tert-alkyl or cyclic N) is 1. The molecule has 1 N–H and O–H groups in total. The molecule has 0 radical (unpaired) electrons. The predicted molar refractivity (Wildman–Crippen MR) is 114 cm³/mol. The Morgan fingerprint density at radius 3 is 2.50 bits per heavy atom. The third-order valence-corrected chi connectivity index (χ3v) is 7.28. The lowest BCUT2D eigenvalue weighted by molar-refractivity contribution is -0.145. The third kappa shape index (κ3) is 4.00. The van der Waals surface area contributed by atoms with Gasteiger partial charge in [-0.2, -0.15) is 0 Å². The molecule has 3 atom stereocenters. The van der Waals surface area contributed by atoms with Gasteiger partial charge in [0.2, 0.25) is 5.91 Å². The summed E-state index contributed by atoms with van der Waals surface area (Å²) in [7, 11) is 0. The zero-order chi connectivity index (χ0) is 20.7. The Balaban J connectivity index is 1.43. The number of aromatic nitrogens is 3. The molecule has 2 aliphatic carbocycles. The lowest BCUT2D eigenvalue weighted by atomic mass is 9.85. The van der Waals surface area contributed by atoms with Gasteiger partial charge in [-0.1, -0.05) is 48.2 Å². The van der Waals surface area contributed by atoms with Gasteiger partial charge in [0.05, 0.1) is 23.9 Å². The van der Waals surface area contributed by atoms with Crippen LogP contribution in [0, 0.1) is 5.92 Å². The fraction of sp³-hybridized carbons (Fsp3) is 0.609. The second kappa shape index (κ2) is 8.31. The van der Waals surface area contributed by atoms with E-state index in [-0.39, 0.29) is 23.9 Å². The van der Waals surface area contributed by atoms with Gasteiger partial charge in [0.15, 0.2) is 0 Å². The highest BCUT2D eigenvalue weighted by atomic mass is 35.5. The molecular weight excluding hydrogens is 400 g/mol. The number of hydrogen-bond donors (Lipinski definition) is 1. The number of carbonyl (C=O) groups is 1. The summed E-state index contributed by atoms with van der Waals surface area (Å²) in [6.07, 6.45) is 9.64. The Morgan fingerprint density at radius 2 is 1.80 bits per heavy atom. The molecule has 7 heteroatoms. The first-order valence-electron chi connectivity index (χ1n) is 11.3. The van der Waals surface area contributed by atoms with Crippen LogP contribution >= 0.6 is 11.6 Å². The van der Waals surface area contributed by atoms with Gasteiger partial charge in [-0.25, -0.2) is 4.68 Å². The fourth-order valence-electron chi connectivity index (χ4n) is 5.10. The second-order valence-electron chi connectivity index (χ2n) is 9.16. The number of aliphatic hydroxyl groups excluding tert-OH is 1. The van der Waals surface area contributed by atoms with Crippen LogP contribution in [-0.2, 0) is 4.79 Å². The largest absolute Gasteiger partial charge is 0.389 e. The Labute approximate surface area is 182 Å². The van der Waals surface area contributed by atoms with E-state index in [4.69, 9.17) is 11.6 Å². The van der Waals surface area contributed by atoms with Crippen LogP contribution in [0.2, 0.25) is 5.02 Å². The topological polar surface area (TPSA) is 71.2 Å².